The second-order valence-electron chi connectivity index (χ2n) is 13.5. The van der Waals surface area contributed by atoms with Gasteiger partial charge in [-0.05, 0) is 47.2 Å². The smallest absolute Gasteiger partial charge is 0.235 e. The van der Waals surface area contributed by atoms with Crippen molar-refractivity contribution < 1.29 is 0 Å². The Morgan fingerprint density at radius 2 is 1.04 bits per heavy atom. The minimum absolute atomic E-state index is 0.649. The Morgan fingerprint density at radius 1 is 0.434 bits per heavy atom. The molecule has 7 heteroatoms. The molecule has 0 spiro atoms. The van der Waals surface area contributed by atoms with Crippen LogP contribution in [0.5, 0.6) is 0 Å². The van der Waals surface area contributed by atoms with Gasteiger partial charge in [-0.25, -0.2) is 19.9 Å². The normalized spacial score (nSPS) is 12.2. The molecule has 0 unspecified atom stereocenters. The second kappa shape index (κ2) is 10.8. The third-order valence-electron chi connectivity index (χ3n) is 10.6. The number of nitrogens with zero attached hydrogens (tertiary/aromatic N) is 6. The van der Waals surface area contributed by atoms with E-state index in [9.17, 15) is 0 Å². The highest BCUT2D eigenvalue weighted by atomic mass is 32.1. The summed E-state index contributed by atoms with van der Waals surface area (Å²) in [6.45, 7) is 0. The zero-order valence-corrected chi connectivity index (χ0v) is 28.9. The SMILES string of the molecule is c1ccc2nc(-n3c4ccccc4c4cc5c(cc43)c3ccccc3n5-c3nc(-c4cccc5ccccc45)c4sc5ccccc5c4n3)ncc2c1. The van der Waals surface area contributed by atoms with Crippen LogP contribution in [0.1, 0.15) is 0 Å². The van der Waals surface area contributed by atoms with E-state index in [2.05, 4.69) is 137 Å². The summed E-state index contributed by atoms with van der Waals surface area (Å²) < 4.78 is 6.74. The molecule has 0 aliphatic rings. The molecular formula is C46H26N6S. The lowest BCUT2D eigenvalue weighted by atomic mass is 10.0. The van der Waals surface area contributed by atoms with Crippen LogP contribution in [0.25, 0.3) is 109 Å². The van der Waals surface area contributed by atoms with Gasteiger partial charge in [-0.15, -0.1) is 11.3 Å². The van der Waals surface area contributed by atoms with Gasteiger partial charge in [0.2, 0.25) is 11.9 Å². The first-order valence-electron chi connectivity index (χ1n) is 17.6. The Kier molecular flexibility index (Phi) is 5.84. The van der Waals surface area contributed by atoms with Crippen LogP contribution in [0.15, 0.2) is 158 Å². The molecule has 53 heavy (non-hydrogen) atoms. The molecule has 0 atom stereocenters. The lowest BCUT2D eigenvalue weighted by Crippen LogP contribution is -2.03. The largest absolute Gasteiger partial charge is 0.278 e. The molecule has 5 heterocycles. The number of hydrogen-bond acceptors (Lipinski definition) is 5. The number of hydrogen-bond donors (Lipinski definition) is 0. The molecular weight excluding hydrogens is 669 g/mol. The van der Waals surface area contributed by atoms with Gasteiger partial charge in [0.15, 0.2) is 0 Å². The quantitative estimate of drug-likeness (QED) is 0.185. The van der Waals surface area contributed by atoms with Crippen molar-refractivity contribution in [3.8, 4) is 23.2 Å². The summed E-state index contributed by atoms with van der Waals surface area (Å²) >= 11 is 1.76. The number of aromatic nitrogens is 6. The van der Waals surface area contributed by atoms with E-state index in [1.807, 2.05) is 30.5 Å². The Hall–Kier alpha value is -6.96. The molecule has 0 N–H and O–H groups in total. The van der Waals surface area contributed by atoms with Crippen LogP contribution in [-0.2, 0) is 0 Å². The van der Waals surface area contributed by atoms with E-state index < -0.39 is 0 Å². The van der Waals surface area contributed by atoms with Crippen molar-refractivity contribution in [2.45, 2.75) is 0 Å². The monoisotopic (exact) mass is 694 g/mol. The third-order valence-corrected chi connectivity index (χ3v) is 11.8. The zero-order chi connectivity index (χ0) is 34.6. The Morgan fingerprint density at radius 3 is 1.81 bits per heavy atom. The van der Waals surface area contributed by atoms with Gasteiger partial charge in [-0.3, -0.25) is 9.13 Å². The van der Waals surface area contributed by atoms with Crippen molar-refractivity contribution >= 4 is 96.9 Å². The summed E-state index contributed by atoms with van der Waals surface area (Å²) in [5.74, 6) is 1.30. The van der Waals surface area contributed by atoms with Crippen LogP contribution in [0.3, 0.4) is 0 Å². The number of rotatable bonds is 3. The van der Waals surface area contributed by atoms with E-state index in [1.165, 1.54) is 15.5 Å². The molecule has 246 valence electrons. The lowest BCUT2D eigenvalue weighted by molar-refractivity contribution is 1.01. The van der Waals surface area contributed by atoms with Crippen LogP contribution >= 0.6 is 11.3 Å². The zero-order valence-electron chi connectivity index (χ0n) is 28.1. The Labute approximate surface area is 305 Å². The molecule has 0 radical (unpaired) electrons. The molecule has 0 aliphatic carbocycles. The molecule has 12 rings (SSSR count). The maximum Gasteiger partial charge on any atom is 0.235 e. The first-order chi connectivity index (χ1) is 26.3. The minimum Gasteiger partial charge on any atom is -0.278 e. The number of fused-ring (bicyclic) bond motifs is 11. The van der Waals surface area contributed by atoms with Gasteiger partial charge in [-0.1, -0.05) is 115 Å². The van der Waals surface area contributed by atoms with Crippen LogP contribution < -0.4 is 0 Å². The van der Waals surface area contributed by atoms with Gasteiger partial charge < -0.3 is 0 Å². The summed E-state index contributed by atoms with van der Waals surface area (Å²) in [6, 6.07) is 53.4. The first-order valence-corrected chi connectivity index (χ1v) is 18.5. The second-order valence-corrected chi connectivity index (χ2v) is 14.5. The molecule has 6 nitrogen and oxygen atoms in total. The average molecular weight is 695 g/mol. The number of thiophene rings is 1. The van der Waals surface area contributed by atoms with Gasteiger partial charge in [-0.2, -0.15) is 0 Å². The maximum absolute atomic E-state index is 5.52. The third kappa shape index (κ3) is 4.08. The molecule has 5 aromatic heterocycles. The highest BCUT2D eigenvalue weighted by molar-refractivity contribution is 7.26. The summed E-state index contributed by atoms with van der Waals surface area (Å²) in [4.78, 5) is 20.9. The van der Waals surface area contributed by atoms with Crippen molar-refractivity contribution in [2.75, 3.05) is 0 Å². The number of benzene rings is 7. The highest BCUT2D eigenvalue weighted by Crippen LogP contribution is 2.43. The molecule has 12 aromatic rings. The fourth-order valence-corrected chi connectivity index (χ4v) is 9.37. The molecule has 0 amide bonds. The van der Waals surface area contributed by atoms with E-state index in [0.29, 0.717) is 11.9 Å². The maximum atomic E-state index is 5.52. The fourth-order valence-electron chi connectivity index (χ4n) is 8.23. The summed E-state index contributed by atoms with van der Waals surface area (Å²) in [6.07, 6.45) is 1.91. The molecule has 0 bridgehead atoms. The van der Waals surface area contributed by atoms with Crippen molar-refractivity contribution in [1.29, 1.82) is 0 Å². The topological polar surface area (TPSA) is 61.4 Å². The van der Waals surface area contributed by atoms with Crippen molar-refractivity contribution in [3.05, 3.63) is 158 Å². The van der Waals surface area contributed by atoms with Crippen LogP contribution in [0.2, 0.25) is 0 Å². The van der Waals surface area contributed by atoms with E-state index >= 15 is 0 Å². The summed E-state index contributed by atoms with van der Waals surface area (Å²) in [5, 5.41) is 9.01. The Bertz CT molecular complexity index is 3480. The number of para-hydroxylation sites is 3. The highest BCUT2D eigenvalue weighted by Gasteiger charge is 2.23. The molecule has 0 saturated carbocycles. The van der Waals surface area contributed by atoms with E-state index in [0.717, 1.165) is 81.4 Å². The van der Waals surface area contributed by atoms with Crippen molar-refractivity contribution in [1.82, 2.24) is 29.1 Å². The van der Waals surface area contributed by atoms with E-state index in [-0.39, 0.29) is 0 Å². The van der Waals surface area contributed by atoms with Crippen LogP contribution in [-0.4, -0.2) is 29.1 Å². The van der Waals surface area contributed by atoms with Gasteiger partial charge in [0.25, 0.3) is 0 Å². The van der Waals surface area contributed by atoms with Gasteiger partial charge in [0, 0.05) is 48.8 Å². The molecule has 0 saturated heterocycles. The van der Waals surface area contributed by atoms with E-state index in [1.54, 1.807) is 11.3 Å². The standard InChI is InChI=1S/C46H26N6S/c1-3-15-29-27(12-1)14-11-19-32(29)42-44-43(33-18-6-10-23-41(33)53-44)50-46(49-42)52-38-22-9-5-17-31(38)35-24-39-34(25-40(35)52)30-16-4-8-21-37(30)51(39)45-47-26-28-13-2-7-20-36(28)48-45/h1-26H. The lowest BCUT2D eigenvalue weighted by Gasteiger charge is -2.12. The predicted molar refractivity (Wildman–Crippen MR) is 220 cm³/mol. The first kappa shape index (κ1) is 28.7. The van der Waals surface area contributed by atoms with Crippen LogP contribution in [0.4, 0.5) is 0 Å². The summed E-state index contributed by atoms with van der Waals surface area (Å²) in [7, 11) is 0. The Balaban J connectivity index is 1.20. The van der Waals surface area contributed by atoms with E-state index in [4.69, 9.17) is 19.9 Å². The molecule has 0 aliphatic heterocycles. The van der Waals surface area contributed by atoms with Gasteiger partial charge >= 0.3 is 0 Å². The minimum atomic E-state index is 0.649. The fraction of sp³-hybridized carbons (Fsp3) is 0. The average Bonchev–Trinajstić information content (AvgIpc) is 3.87. The molecule has 7 aromatic carbocycles. The van der Waals surface area contributed by atoms with Crippen molar-refractivity contribution in [2.24, 2.45) is 0 Å². The molecule has 0 fully saturated rings. The summed E-state index contributed by atoms with van der Waals surface area (Å²) in [5.41, 5.74) is 8.13. The predicted octanol–water partition coefficient (Wildman–Crippen LogP) is 11.8. The van der Waals surface area contributed by atoms with Crippen LogP contribution in [0, 0.1) is 0 Å². The van der Waals surface area contributed by atoms with Gasteiger partial charge in [0.1, 0.15) is 0 Å². The van der Waals surface area contributed by atoms with Crippen molar-refractivity contribution in [3.63, 3.8) is 0 Å². The van der Waals surface area contributed by atoms with Gasteiger partial charge in [0.05, 0.1) is 43.5 Å².